The number of hydrogen-bond donors (Lipinski definition) is 2. The first-order valence-electron chi connectivity index (χ1n) is 4.27. The minimum atomic E-state index is 0.696. The summed E-state index contributed by atoms with van der Waals surface area (Å²) in [6.07, 6.45) is 8.52. The van der Waals surface area contributed by atoms with Gasteiger partial charge in [0.05, 0.1) is 0 Å². The Bertz CT molecular complexity index is 155. The Balaban J connectivity index is 2.53. The van der Waals surface area contributed by atoms with Gasteiger partial charge in [-0.15, -0.1) is 0 Å². The third kappa shape index (κ3) is 2.07. The quantitative estimate of drug-likeness (QED) is 0.595. The lowest BCUT2D eigenvalue weighted by molar-refractivity contribution is 0.601. The van der Waals surface area contributed by atoms with E-state index in [-0.39, 0.29) is 0 Å². The molecule has 1 aliphatic rings. The smallest absolute Gasteiger partial charge is 0.0195 e. The topological polar surface area (TPSA) is 35.9 Å². The number of nitrogens with one attached hydrogen (secondary N) is 2. The second-order valence-electron chi connectivity index (χ2n) is 3.02. The van der Waals surface area contributed by atoms with E-state index in [2.05, 4.69) is 5.32 Å². The molecule has 0 saturated heterocycles. The third-order valence-electron chi connectivity index (χ3n) is 2.35. The molecule has 0 aromatic heterocycles. The van der Waals surface area contributed by atoms with Gasteiger partial charge in [0.15, 0.2) is 0 Å². The van der Waals surface area contributed by atoms with Crippen molar-refractivity contribution in [3.63, 3.8) is 0 Å². The molecule has 1 aliphatic carbocycles. The molecule has 1 fully saturated rings. The van der Waals surface area contributed by atoms with E-state index in [1.807, 2.05) is 13.1 Å². The highest BCUT2D eigenvalue weighted by molar-refractivity contribution is 5.68. The largest absolute Gasteiger partial charge is 0.391 e. The molecule has 0 aromatic rings. The van der Waals surface area contributed by atoms with Crippen molar-refractivity contribution in [2.45, 2.75) is 25.7 Å². The van der Waals surface area contributed by atoms with E-state index in [9.17, 15) is 0 Å². The van der Waals surface area contributed by atoms with Crippen LogP contribution in [0.2, 0.25) is 0 Å². The molecule has 0 amide bonds. The van der Waals surface area contributed by atoms with Crippen molar-refractivity contribution in [2.24, 2.45) is 5.92 Å². The van der Waals surface area contributed by atoms with Gasteiger partial charge in [-0.05, 0) is 24.8 Å². The standard InChI is InChI=1S/C9H16N2/c1-11-9(6-7-10)8-4-2-3-5-8/h6-8,10-11H,2-5H2,1H3/b9-6-,10-7?. The van der Waals surface area contributed by atoms with Gasteiger partial charge >= 0.3 is 0 Å². The highest BCUT2D eigenvalue weighted by atomic mass is 14.8. The van der Waals surface area contributed by atoms with E-state index in [1.54, 1.807) is 0 Å². The summed E-state index contributed by atoms with van der Waals surface area (Å²) in [5.41, 5.74) is 1.23. The molecule has 0 radical (unpaired) electrons. The highest BCUT2D eigenvalue weighted by Gasteiger charge is 2.17. The van der Waals surface area contributed by atoms with E-state index in [0.29, 0.717) is 5.92 Å². The zero-order valence-corrected chi connectivity index (χ0v) is 7.06. The molecule has 2 nitrogen and oxygen atoms in total. The predicted octanol–water partition coefficient (Wildman–Crippen LogP) is 1.93. The van der Waals surface area contributed by atoms with E-state index in [4.69, 9.17) is 5.41 Å². The van der Waals surface area contributed by atoms with Gasteiger partial charge in [0.2, 0.25) is 0 Å². The first kappa shape index (κ1) is 8.31. The maximum absolute atomic E-state index is 6.96. The molecule has 2 N–H and O–H groups in total. The van der Waals surface area contributed by atoms with Crippen LogP contribution < -0.4 is 5.32 Å². The maximum Gasteiger partial charge on any atom is 0.0195 e. The van der Waals surface area contributed by atoms with Crippen LogP contribution >= 0.6 is 0 Å². The lowest BCUT2D eigenvalue weighted by Crippen LogP contribution is -2.13. The van der Waals surface area contributed by atoms with Crippen molar-refractivity contribution in [2.75, 3.05) is 7.05 Å². The average Bonchev–Trinajstić information content (AvgIpc) is 2.52. The normalized spacial score (nSPS) is 20.3. The van der Waals surface area contributed by atoms with Crippen molar-refractivity contribution >= 4 is 6.21 Å². The monoisotopic (exact) mass is 152 g/mol. The summed E-state index contributed by atoms with van der Waals surface area (Å²) >= 11 is 0. The Hall–Kier alpha value is -0.790. The molecule has 0 unspecified atom stereocenters. The molecule has 62 valence electrons. The van der Waals surface area contributed by atoms with Crippen LogP contribution in [0.5, 0.6) is 0 Å². The Labute approximate surface area is 68.2 Å². The Kier molecular flexibility index (Phi) is 3.14. The van der Waals surface area contributed by atoms with Gasteiger partial charge < -0.3 is 10.7 Å². The molecule has 0 bridgehead atoms. The lowest BCUT2D eigenvalue weighted by atomic mass is 10.0. The first-order valence-corrected chi connectivity index (χ1v) is 4.27. The minimum Gasteiger partial charge on any atom is -0.391 e. The fraction of sp³-hybridized carbons (Fsp3) is 0.667. The molecule has 0 aromatic carbocycles. The van der Waals surface area contributed by atoms with Gasteiger partial charge in [-0.3, -0.25) is 0 Å². The summed E-state index contributed by atoms with van der Waals surface area (Å²) in [7, 11) is 1.94. The van der Waals surface area contributed by atoms with E-state index < -0.39 is 0 Å². The van der Waals surface area contributed by atoms with Crippen LogP contribution in [0.25, 0.3) is 0 Å². The van der Waals surface area contributed by atoms with Crippen LogP contribution in [0.4, 0.5) is 0 Å². The van der Waals surface area contributed by atoms with Crippen LogP contribution in [0.3, 0.4) is 0 Å². The van der Waals surface area contributed by atoms with E-state index in [1.165, 1.54) is 37.6 Å². The Morgan fingerprint density at radius 3 is 2.55 bits per heavy atom. The van der Waals surface area contributed by atoms with Gasteiger partial charge in [0, 0.05) is 19.0 Å². The van der Waals surface area contributed by atoms with Crippen LogP contribution in [-0.4, -0.2) is 13.3 Å². The average molecular weight is 152 g/mol. The molecule has 1 rings (SSSR count). The lowest BCUT2D eigenvalue weighted by Gasteiger charge is -2.12. The molecule has 0 heterocycles. The number of rotatable bonds is 3. The molecular formula is C9H16N2. The minimum absolute atomic E-state index is 0.696. The SMILES string of the molecule is CN/C(=C\C=N)C1CCCC1. The summed E-state index contributed by atoms with van der Waals surface area (Å²) in [5, 5.41) is 10.1. The Morgan fingerprint density at radius 2 is 2.09 bits per heavy atom. The molecule has 2 heteroatoms. The fourth-order valence-electron chi connectivity index (χ4n) is 1.75. The van der Waals surface area contributed by atoms with E-state index in [0.717, 1.165) is 0 Å². The van der Waals surface area contributed by atoms with Crippen molar-refractivity contribution < 1.29 is 0 Å². The zero-order chi connectivity index (χ0) is 8.10. The third-order valence-corrected chi connectivity index (χ3v) is 2.35. The van der Waals surface area contributed by atoms with Crippen LogP contribution in [0.15, 0.2) is 11.8 Å². The summed E-state index contributed by atoms with van der Waals surface area (Å²) in [6, 6.07) is 0. The molecule has 0 atom stereocenters. The van der Waals surface area contributed by atoms with Gasteiger partial charge in [0.1, 0.15) is 0 Å². The Morgan fingerprint density at radius 1 is 1.45 bits per heavy atom. The summed E-state index contributed by atoms with van der Waals surface area (Å²) in [5.74, 6) is 0.696. The molecule has 0 aliphatic heterocycles. The molecular weight excluding hydrogens is 136 g/mol. The summed E-state index contributed by atoms with van der Waals surface area (Å²) in [4.78, 5) is 0. The predicted molar refractivity (Wildman–Crippen MR) is 47.9 cm³/mol. The van der Waals surface area contributed by atoms with Crippen molar-refractivity contribution in [1.29, 1.82) is 5.41 Å². The van der Waals surface area contributed by atoms with Crippen molar-refractivity contribution in [3.8, 4) is 0 Å². The van der Waals surface area contributed by atoms with Crippen molar-refractivity contribution in [3.05, 3.63) is 11.8 Å². The van der Waals surface area contributed by atoms with Gasteiger partial charge in [-0.25, -0.2) is 0 Å². The summed E-state index contributed by atoms with van der Waals surface area (Å²) in [6.45, 7) is 0. The number of allylic oxidation sites excluding steroid dienone is 2. The maximum atomic E-state index is 6.96. The van der Waals surface area contributed by atoms with Crippen molar-refractivity contribution in [1.82, 2.24) is 5.32 Å². The summed E-state index contributed by atoms with van der Waals surface area (Å²) < 4.78 is 0. The van der Waals surface area contributed by atoms with Gasteiger partial charge in [-0.2, -0.15) is 0 Å². The highest BCUT2D eigenvalue weighted by Crippen LogP contribution is 2.29. The van der Waals surface area contributed by atoms with Gasteiger partial charge in [0.25, 0.3) is 0 Å². The molecule has 0 spiro atoms. The molecule has 11 heavy (non-hydrogen) atoms. The first-order chi connectivity index (χ1) is 5.38. The molecule has 1 saturated carbocycles. The van der Waals surface area contributed by atoms with Gasteiger partial charge in [-0.1, -0.05) is 12.8 Å². The van der Waals surface area contributed by atoms with Crippen LogP contribution in [0, 0.1) is 11.3 Å². The van der Waals surface area contributed by atoms with E-state index >= 15 is 0 Å². The van der Waals surface area contributed by atoms with Crippen LogP contribution in [-0.2, 0) is 0 Å². The van der Waals surface area contributed by atoms with Crippen LogP contribution in [0.1, 0.15) is 25.7 Å². The second kappa shape index (κ2) is 4.16. The number of hydrogen-bond acceptors (Lipinski definition) is 2. The second-order valence-corrected chi connectivity index (χ2v) is 3.02. The fourth-order valence-corrected chi connectivity index (χ4v) is 1.75. The zero-order valence-electron chi connectivity index (χ0n) is 7.06.